The highest BCUT2D eigenvalue weighted by molar-refractivity contribution is 7.14. The van der Waals surface area contributed by atoms with E-state index in [-0.39, 0.29) is 5.91 Å². The standard InChI is InChI=1S/C17H19NOS/c1-12-7-8-15-14(9-12)10-16(20-15)17(19)18-11-13-5-3-2-4-6-13/h2-6,10,12H,7-9,11H2,1H3,(H,18,19). The summed E-state index contributed by atoms with van der Waals surface area (Å²) in [6.07, 6.45) is 3.50. The van der Waals surface area contributed by atoms with Crippen LogP contribution in [0.3, 0.4) is 0 Å². The van der Waals surface area contributed by atoms with Crippen LogP contribution in [0.25, 0.3) is 0 Å². The Morgan fingerprint density at radius 3 is 2.95 bits per heavy atom. The van der Waals surface area contributed by atoms with E-state index < -0.39 is 0 Å². The monoisotopic (exact) mass is 285 g/mol. The van der Waals surface area contributed by atoms with Gasteiger partial charge in [0.25, 0.3) is 5.91 Å². The van der Waals surface area contributed by atoms with E-state index in [1.54, 1.807) is 11.3 Å². The summed E-state index contributed by atoms with van der Waals surface area (Å²) >= 11 is 1.67. The van der Waals surface area contributed by atoms with E-state index in [1.165, 1.54) is 16.9 Å². The van der Waals surface area contributed by atoms with Gasteiger partial charge < -0.3 is 5.32 Å². The minimum absolute atomic E-state index is 0.0564. The van der Waals surface area contributed by atoms with Crippen molar-refractivity contribution in [2.24, 2.45) is 5.92 Å². The zero-order valence-corrected chi connectivity index (χ0v) is 12.5. The molecule has 1 amide bonds. The quantitative estimate of drug-likeness (QED) is 0.913. The number of thiophene rings is 1. The molecule has 2 aromatic rings. The molecule has 1 aromatic heterocycles. The van der Waals surface area contributed by atoms with Crippen molar-refractivity contribution in [1.82, 2.24) is 5.32 Å². The van der Waals surface area contributed by atoms with Gasteiger partial charge in [-0.1, -0.05) is 37.3 Å². The molecule has 2 nitrogen and oxygen atoms in total. The number of rotatable bonds is 3. The molecule has 0 aliphatic heterocycles. The van der Waals surface area contributed by atoms with E-state index in [2.05, 4.69) is 18.3 Å². The molecule has 0 bridgehead atoms. The maximum absolute atomic E-state index is 12.2. The second-order valence-electron chi connectivity index (χ2n) is 5.58. The normalized spacial score (nSPS) is 17.6. The van der Waals surface area contributed by atoms with Crippen molar-refractivity contribution in [2.75, 3.05) is 0 Å². The maximum atomic E-state index is 12.2. The van der Waals surface area contributed by atoms with Gasteiger partial charge in [-0.05, 0) is 42.4 Å². The molecule has 1 aromatic carbocycles. The molecule has 3 heteroatoms. The van der Waals surface area contributed by atoms with Gasteiger partial charge in [0.2, 0.25) is 0 Å². The van der Waals surface area contributed by atoms with Gasteiger partial charge in [-0.2, -0.15) is 0 Å². The summed E-state index contributed by atoms with van der Waals surface area (Å²) in [4.78, 5) is 14.5. The number of hydrogen-bond acceptors (Lipinski definition) is 2. The molecule has 0 saturated carbocycles. The lowest BCUT2D eigenvalue weighted by molar-refractivity contribution is 0.0955. The fourth-order valence-corrected chi connectivity index (χ4v) is 3.81. The first kappa shape index (κ1) is 13.4. The molecule has 0 fully saturated rings. The number of carbonyl (C=O) groups excluding carboxylic acids is 1. The molecule has 1 aliphatic rings. The topological polar surface area (TPSA) is 29.1 Å². The van der Waals surface area contributed by atoms with Gasteiger partial charge in [0.1, 0.15) is 0 Å². The summed E-state index contributed by atoms with van der Waals surface area (Å²) in [7, 11) is 0. The third kappa shape index (κ3) is 2.93. The summed E-state index contributed by atoms with van der Waals surface area (Å²) < 4.78 is 0. The number of carbonyl (C=O) groups is 1. The van der Waals surface area contributed by atoms with Crippen LogP contribution in [-0.4, -0.2) is 5.91 Å². The highest BCUT2D eigenvalue weighted by Gasteiger charge is 2.20. The van der Waals surface area contributed by atoms with Gasteiger partial charge >= 0.3 is 0 Å². The van der Waals surface area contributed by atoms with Gasteiger partial charge in [-0.25, -0.2) is 0 Å². The minimum Gasteiger partial charge on any atom is -0.347 e. The molecule has 3 rings (SSSR count). The fourth-order valence-electron chi connectivity index (χ4n) is 2.68. The maximum Gasteiger partial charge on any atom is 0.261 e. The number of aryl methyl sites for hydroxylation is 1. The largest absolute Gasteiger partial charge is 0.347 e. The summed E-state index contributed by atoms with van der Waals surface area (Å²) in [5, 5.41) is 3.01. The highest BCUT2D eigenvalue weighted by atomic mass is 32.1. The molecule has 0 saturated heterocycles. The molecule has 1 aliphatic carbocycles. The zero-order valence-electron chi connectivity index (χ0n) is 11.7. The van der Waals surface area contributed by atoms with Crippen molar-refractivity contribution < 1.29 is 4.79 Å². The average Bonchev–Trinajstić information content (AvgIpc) is 2.89. The van der Waals surface area contributed by atoms with Crippen LogP contribution in [0, 0.1) is 5.92 Å². The smallest absolute Gasteiger partial charge is 0.261 e. The Hall–Kier alpha value is -1.61. The van der Waals surface area contributed by atoms with Gasteiger partial charge in [0, 0.05) is 11.4 Å². The molecular formula is C17H19NOS. The molecular weight excluding hydrogens is 266 g/mol. The molecule has 20 heavy (non-hydrogen) atoms. The number of benzene rings is 1. The van der Waals surface area contributed by atoms with Crippen LogP contribution in [0.2, 0.25) is 0 Å². The predicted octanol–water partition coefficient (Wildman–Crippen LogP) is 3.80. The Balaban J connectivity index is 1.66. The Morgan fingerprint density at radius 1 is 1.35 bits per heavy atom. The molecule has 1 N–H and O–H groups in total. The summed E-state index contributed by atoms with van der Waals surface area (Å²) in [5.41, 5.74) is 2.52. The number of nitrogens with one attached hydrogen (secondary N) is 1. The summed E-state index contributed by atoms with van der Waals surface area (Å²) in [5.74, 6) is 0.804. The van der Waals surface area contributed by atoms with Crippen molar-refractivity contribution in [1.29, 1.82) is 0 Å². The molecule has 1 unspecified atom stereocenters. The first-order valence-electron chi connectivity index (χ1n) is 7.16. The van der Waals surface area contributed by atoms with Crippen LogP contribution >= 0.6 is 11.3 Å². The second kappa shape index (κ2) is 5.80. The van der Waals surface area contributed by atoms with Gasteiger partial charge in [0.05, 0.1) is 4.88 Å². The van der Waals surface area contributed by atoms with Crippen LogP contribution < -0.4 is 5.32 Å². The van der Waals surface area contributed by atoms with Gasteiger partial charge in [-0.15, -0.1) is 11.3 Å². The van der Waals surface area contributed by atoms with Crippen molar-refractivity contribution in [3.63, 3.8) is 0 Å². The minimum atomic E-state index is 0.0564. The first-order valence-corrected chi connectivity index (χ1v) is 7.97. The third-order valence-electron chi connectivity index (χ3n) is 3.85. The SMILES string of the molecule is CC1CCc2sc(C(=O)NCc3ccccc3)cc2C1. The van der Waals surface area contributed by atoms with Crippen molar-refractivity contribution in [3.8, 4) is 0 Å². The van der Waals surface area contributed by atoms with Crippen LogP contribution in [0.1, 0.15) is 39.0 Å². The summed E-state index contributed by atoms with van der Waals surface area (Å²) in [6.45, 7) is 2.88. The molecule has 0 spiro atoms. The van der Waals surface area contributed by atoms with E-state index in [4.69, 9.17) is 0 Å². The lowest BCUT2D eigenvalue weighted by Crippen LogP contribution is -2.21. The Labute approximate surface area is 123 Å². The highest BCUT2D eigenvalue weighted by Crippen LogP contribution is 2.32. The van der Waals surface area contributed by atoms with E-state index in [1.807, 2.05) is 30.3 Å². The van der Waals surface area contributed by atoms with E-state index in [9.17, 15) is 4.79 Å². The van der Waals surface area contributed by atoms with E-state index >= 15 is 0 Å². The van der Waals surface area contributed by atoms with Gasteiger partial charge in [0.15, 0.2) is 0 Å². The van der Waals surface area contributed by atoms with Crippen molar-refractivity contribution >= 4 is 17.2 Å². The zero-order chi connectivity index (χ0) is 13.9. The van der Waals surface area contributed by atoms with Gasteiger partial charge in [-0.3, -0.25) is 4.79 Å². The number of hydrogen-bond donors (Lipinski definition) is 1. The van der Waals surface area contributed by atoms with E-state index in [0.717, 1.165) is 29.2 Å². The van der Waals surface area contributed by atoms with Crippen LogP contribution in [-0.2, 0) is 19.4 Å². The second-order valence-corrected chi connectivity index (χ2v) is 6.71. The van der Waals surface area contributed by atoms with Crippen LogP contribution in [0.15, 0.2) is 36.4 Å². The Bertz CT molecular complexity index is 603. The average molecular weight is 285 g/mol. The van der Waals surface area contributed by atoms with Crippen LogP contribution in [0.4, 0.5) is 0 Å². The number of amides is 1. The summed E-state index contributed by atoms with van der Waals surface area (Å²) in [6, 6.07) is 12.1. The molecule has 104 valence electrons. The van der Waals surface area contributed by atoms with Crippen LogP contribution in [0.5, 0.6) is 0 Å². The van der Waals surface area contributed by atoms with E-state index in [0.29, 0.717) is 6.54 Å². The molecule has 1 heterocycles. The molecule has 1 atom stereocenters. The van der Waals surface area contributed by atoms with Crippen molar-refractivity contribution in [3.05, 3.63) is 57.3 Å². The predicted molar refractivity (Wildman–Crippen MR) is 83.1 cm³/mol. The first-order chi connectivity index (χ1) is 9.72. The van der Waals surface area contributed by atoms with Crippen molar-refractivity contribution in [2.45, 2.75) is 32.7 Å². The Morgan fingerprint density at radius 2 is 2.15 bits per heavy atom. The fraction of sp³-hybridized carbons (Fsp3) is 0.353. The molecule has 0 radical (unpaired) electrons. The lowest BCUT2D eigenvalue weighted by atomic mass is 9.90. The Kier molecular flexibility index (Phi) is 3.88. The lowest BCUT2D eigenvalue weighted by Gasteiger charge is -2.16. The third-order valence-corrected chi connectivity index (χ3v) is 5.08. The number of fused-ring (bicyclic) bond motifs is 1.